The SMILES string of the molecule is NC(=O)COc1ccc(C=C2SC(=O)N(CC(=O)N3CCOCC3)C2=O)cc1. The maximum atomic E-state index is 12.5. The number of primary amides is 1. The maximum Gasteiger partial charge on any atom is 0.294 e. The van der Waals surface area contributed by atoms with Crippen molar-refractivity contribution in [2.75, 3.05) is 39.5 Å². The standard InChI is InChI=1S/C18H19N3O6S/c19-15(22)11-27-13-3-1-12(2-4-13)9-14-17(24)21(18(25)28-14)10-16(23)20-5-7-26-8-6-20/h1-4,9H,5-8,10-11H2,(H2,19,22). The van der Waals surface area contributed by atoms with E-state index in [1.165, 1.54) is 0 Å². The Balaban J connectivity index is 1.63. The van der Waals surface area contributed by atoms with Gasteiger partial charge in [0.25, 0.3) is 17.1 Å². The van der Waals surface area contributed by atoms with Crippen LogP contribution in [0.15, 0.2) is 29.2 Å². The summed E-state index contributed by atoms with van der Waals surface area (Å²) in [6, 6.07) is 6.62. The second kappa shape index (κ2) is 8.89. The molecule has 2 fully saturated rings. The molecule has 0 spiro atoms. The van der Waals surface area contributed by atoms with Gasteiger partial charge in [0.2, 0.25) is 5.91 Å². The summed E-state index contributed by atoms with van der Waals surface area (Å²) in [7, 11) is 0. The van der Waals surface area contributed by atoms with Crippen LogP contribution in [0.4, 0.5) is 4.79 Å². The molecule has 2 aliphatic heterocycles. The molecule has 28 heavy (non-hydrogen) atoms. The molecular formula is C18H19N3O6S. The number of benzene rings is 1. The monoisotopic (exact) mass is 405 g/mol. The number of rotatable bonds is 6. The minimum Gasteiger partial charge on any atom is -0.484 e. The molecule has 0 aromatic heterocycles. The van der Waals surface area contributed by atoms with Crippen LogP contribution in [-0.4, -0.2) is 72.2 Å². The molecule has 10 heteroatoms. The first-order chi connectivity index (χ1) is 13.4. The molecule has 2 saturated heterocycles. The Kier molecular flexibility index (Phi) is 6.32. The topological polar surface area (TPSA) is 119 Å². The third-order valence-electron chi connectivity index (χ3n) is 4.09. The lowest BCUT2D eigenvalue weighted by Crippen LogP contribution is -2.46. The second-order valence-corrected chi connectivity index (χ2v) is 7.08. The van der Waals surface area contributed by atoms with Crippen molar-refractivity contribution in [2.45, 2.75) is 0 Å². The van der Waals surface area contributed by atoms with Gasteiger partial charge in [-0.15, -0.1) is 0 Å². The Morgan fingerprint density at radius 2 is 1.86 bits per heavy atom. The van der Waals surface area contributed by atoms with E-state index in [2.05, 4.69) is 0 Å². The fraction of sp³-hybridized carbons (Fsp3) is 0.333. The van der Waals surface area contributed by atoms with Crippen LogP contribution in [0.25, 0.3) is 6.08 Å². The van der Waals surface area contributed by atoms with Gasteiger partial charge in [-0.05, 0) is 35.5 Å². The van der Waals surface area contributed by atoms with E-state index >= 15 is 0 Å². The van der Waals surface area contributed by atoms with E-state index in [0.717, 1.165) is 16.7 Å². The molecule has 0 radical (unpaired) electrons. The van der Waals surface area contributed by atoms with Gasteiger partial charge in [-0.1, -0.05) is 12.1 Å². The summed E-state index contributed by atoms with van der Waals surface area (Å²) in [5.74, 6) is -0.891. The second-order valence-electron chi connectivity index (χ2n) is 6.09. The van der Waals surface area contributed by atoms with Gasteiger partial charge in [-0.3, -0.25) is 24.1 Å². The number of carbonyl (C=O) groups is 4. The third-order valence-corrected chi connectivity index (χ3v) is 5.00. The van der Waals surface area contributed by atoms with Crippen molar-refractivity contribution in [1.82, 2.24) is 9.80 Å². The summed E-state index contributed by atoms with van der Waals surface area (Å²) in [6.45, 7) is 1.31. The number of nitrogens with zero attached hydrogens (tertiary/aromatic N) is 2. The molecule has 1 aromatic rings. The van der Waals surface area contributed by atoms with Gasteiger partial charge in [-0.25, -0.2) is 0 Å². The van der Waals surface area contributed by atoms with E-state index in [-0.39, 0.29) is 24.0 Å². The van der Waals surface area contributed by atoms with Crippen LogP contribution in [-0.2, 0) is 19.1 Å². The van der Waals surface area contributed by atoms with Gasteiger partial charge in [0.15, 0.2) is 6.61 Å². The number of carbonyl (C=O) groups excluding carboxylic acids is 4. The van der Waals surface area contributed by atoms with Crippen molar-refractivity contribution < 1.29 is 28.7 Å². The molecule has 0 atom stereocenters. The number of amides is 4. The van der Waals surface area contributed by atoms with Crippen LogP contribution in [0.5, 0.6) is 5.75 Å². The fourth-order valence-corrected chi connectivity index (χ4v) is 3.49. The molecular weight excluding hydrogens is 386 g/mol. The van der Waals surface area contributed by atoms with Crippen LogP contribution in [0.2, 0.25) is 0 Å². The van der Waals surface area contributed by atoms with E-state index in [0.29, 0.717) is 37.6 Å². The number of morpholine rings is 1. The van der Waals surface area contributed by atoms with Gasteiger partial charge in [0.1, 0.15) is 12.3 Å². The number of ether oxygens (including phenoxy) is 2. The van der Waals surface area contributed by atoms with Crippen molar-refractivity contribution in [2.24, 2.45) is 5.73 Å². The lowest BCUT2D eigenvalue weighted by atomic mass is 10.2. The summed E-state index contributed by atoms with van der Waals surface area (Å²) < 4.78 is 10.4. The van der Waals surface area contributed by atoms with Crippen LogP contribution in [0.1, 0.15) is 5.56 Å². The summed E-state index contributed by atoms with van der Waals surface area (Å²) in [6.07, 6.45) is 1.57. The highest BCUT2D eigenvalue weighted by Crippen LogP contribution is 2.32. The molecule has 0 bridgehead atoms. The first-order valence-electron chi connectivity index (χ1n) is 8.56. The smallest absolute Gasteiger partial charge is 0.294 e. The van der Waals surface area contributed by atoms with E-state index in [1.807, 2.05) is 0 Å². The average Bonchev–Trinajstić information content (AvgIpc) is 2.95. The highest BCUT2D eigenvalue weighted by molar-refractivity contribution is 8.18. The highest BCUT2D eigenvalue weighted by Gasteiger charge is 2.37. The molecule has 0 aliphatic carbocycles. The lowest BCUT2D eigenvalue weighted by Gasteiger charge is -2.28. The number of nitrogens with two attached hydrogens (primary N) is 1. The zero-order valence-electron chi connectivity index (χ0n) is 15.0. The zero-order chi connectivity index (χ0) is 20.1. The fourth-order valence-electron chi connectivity index (χ4n) is 2.65. The molecule has 0 unspecified atom stereocenters. The summed E-state index contributed by atoms with van der Waals surface area (Å²) in [5, 5.41) is -0.473. The summed E-state index contributed by atoms with van der Waals surface area (Å²) in [5.41, 5.74) is 5.70. The molecule has 9 nitrogen and oxygen atoms in total. The highest BCUT2D eigenvalue weighted by atomic mass is 32.2. The molecule has 3 rings (SSSR count). The average molecular weight is 405 g/mol. The van der Waals surface area contributed by atoms with E-state index in [1.54, 1.807) is 35.2 Å². The quantitative estimate of drug-likeness (QED) is 0.682. The summed E-state index contributed by atoms with van der Waals surface area (Å²) >= 11 is 0.794. The van der Waals surface area contributed by atoms with Crippen molar-refractivity contribution in [1.29, 1.82) is 0 Å². The van der Waals surface area contributed by atoms with Gasteiger partial charge in [-0.2, -0.15) is 0 Å². The lowest BCUT2D eigenvalue weighted by molar-refractivity contribution is -0.139. The van der Waals surface area contributed by atoms with E-state index < -0.39 is 17.1 Å². The van der Waals surface area contributed by atoms with Crippen molar-refractivity contribution in [3.63, 3.8) is 0 Å². The van der Waals surface area contributed by atoms with Crippen LogP contribution < -0.4 is 10.5 Å². The summed E-state index contributed by atoms with van der Waals surface area (Å²) in [4.78, 5) is 50.5. The number of imide groups is 1. The molecule has 2 N–H and O–H groups in total. The third kappa shape index (κ3) is 4.90. The van der Waals surface area contributed by atoms with Gasteiger partial charge in [0, 0.05) is 13.1 Å². The number of thioether (sulfide) groups is 1. The van der Waals surface area contributed by atoms with Gasteiger partial charge in [0.05, 0.1) is 18.1 Å². The minimum absolute atomic E-state index is 0.227. The van der Waals surface area contributed by atoms with Crippen molar-refractivity contribution >= 4 is 40.8 Å². The predicted octanol–water partition coefficient (Wildman–Crippen LogP) is 0.446. The first-order valence-corrected chi connectivity index (χ1v) is 9.38. The number of hydrogen-bond donors (Lipinski definition) is 1. The van der Waals surface area contributed by atoms with Crippen LogP contribution in [0, 0.1) is 0 Å². The zero-order valence-corrected chi connectivity index (χ0v) is 15.8. The van der Waals surface area contributed by atoms with E-state index in [4.69, 9.17) is 15.2 Å². The van der Waals surface area contributed by atoms with Crippen LogP contribution >= 0.6 is 11.8 Å². The van der Waals surface area contributed by atoms with E-state index in [9.17, 15) is 19.2 Å². The molecule has 0 saturated carbocycles. The Morgan fingerprint density at radius 3 is 2.50 bits per heavy atom. The Morgan fingerprint density at radius 1 is 1.18 bits per heavy atom. The van der Waals surface area contributed by atoms with Crippen molar-refractivity contribution in [3.8, 4) is 5.75 Å². The Bertz CT molecular complexity index is 817. The van der Waals surface area contributed by atoms with Crippen molar-refractivity contribution in [3.05, 3.63) is 34.7 Å². The normalized spacial score (nSPS) is 18.6. The van der Waals surface area contributed by atoms with Gasteiger partial charge >= 0.3 is 0 Å². The first kappa shape index (κ1) is 19.9. The van der Waals surface area contributed by atoms with Crippen LogP contribution in [0.3, 0.4) is 0 Å². The molecule has 2 heterocycles. The molecule has 148 valence electrons. The van der Waals surface area contributed by atoms with Gasteiger partial charge < -0.3 is 20.1 Å². The largest absolute Gasteiger partial charge is 0.484 e. The molecule has 1 aromatic carbocycles. The maximum absolute atomic E-state index is 12.5. The predicted molar refractivity (Wildman–Crippen MR) is 101 cm³/mol. The molecule has 2 aliphatic rings. The minimum atomic E-state index is -0.579. The Hall–Kier alpha value is -2.85. The molecule has 4 amide bonds. The Labute approximate surface area is 165 Å². The number of hydrogen-bond acceptors (Lipinski definition) is 7.